The summed E-state index contributed by atoms with van der Waals surface area (Å²) < 4.78 is 0. The second-order valence-corrected chi connectivity index (χ2v) is 7.41. The van der Waals surface area contributed by atoms with Crippen molar-refractivity contribution in [2.24, 2.45) is 5.92 Å². The summed E-state index contributed by atoms with van der Waals surface area (Å²) in [6.07, 6.45) is 4.20. The molecule has 25 heavy (non-hydrogen) atoms. The van der Waals surface area contributed by atoms with Crippen LogP contribution in [0, 0.1) is 16.0 Å². The summed E-state index contributed by atoms with van der Waals surface area (Å²) >= 11 is 6.11. The average molecular weight is 368 g/mol. The van der Waals surface area contributed by atoms with E-state index in [1.807, 2.05) is 0 Å². The number of carboxylic acid groups (broad SMARTS) is 1. The molecule has 2 aliphatic carbocycles. The number of benzene rings is 1. The second kappa shape index (κ2) is 7.68. The van der Waals surface area contributed by atoms with Gasteiger partial charge in [0.15, 0.2) is 0 Å². The molecule has 2 N–H and O–H groups in total. The molecule has 0 heterocycles. The number of rotatable bonds is 9. The molecule has 0 amide bonds. The highest BCUT2D eigenvalue weighted by Crippen LogP contribution is 2.34. The summed E-state index contributed by atoms with van der Waals surface area (Å²) in [5.41, 5.74) is 0.740. The maximum atomic E-state index is 11.0. The molecular weight excluding hydrogens is 346 g/mol. The van der Waals surface area contributed by atoms with E-state index in [2.05, 4.69) is 10.2 Å². The molecule has 1 aromatic rings. The molecule has 0 radical (unpaired) electrons. The number of carboxylic acids is 1. The van der Waals surface area contributed by atoms with Gasteiger partial charge in [0, 0.05) is 42.3 Å². The maximum Gasteiger partial charge on any atom is 0.317 e. The van der Waals surface area contributed by atoms with E-state index in [4.69, 9.17) is 16.7 Å². The van der Waals surface area contributed by atoms with E-state index in [0.717, 1.165) is 19.4 Å². The van der Waals surface area contributed by atoms with Gasteiger partial charge in [-0.1, -0.05) is 11.6 Å². The Labute approximate surface area is 151 Å². The molecular formula is C17H22ClN3O4. The predicted molar refractivity (Wildman–Crippen MR) is 93.7 cm³/mol. The van der Waals surface area contributed by atoms with Crippen LogP contribution in [-0.2, 0) is 11.3 Å². The highest BCUT2D eigenvalue weighted by atomic mass is 35.5. The number of halogens is 1. The fourth-order valence-electron chi connectivity index (χ4n) is 3.27. The fourth-order valence-corrected chi connectivity index (χ4v) is 3.45. The van der Waals surface area contributed by atoms with Gasteiger partial charge in [0.1, 0.15) is 0 Å². The van der Waals surface area contributed by atoms with Crippen LogP contribution in [0.4, 0.5) is 5.69 Å². The van der Waals surface area contributed by atoms with E-state index >= 15 is 0 Å². The quantitative estimate of drug-likeness (QED) is 0.514. The number of non-ortho nitro benzene ring substituents is 1. The Morgan fingerprint density at radius 3 is 2.72 bits per heavy atom. The van der Waals surface area contributed by atoms with Gasteiger partial charge in [-0.3, -0.25) is 19.8 Å². The molecule has 3 rings (SSSR count). The number of hydrogen-bond acceptors (Lipinski definition) is 5. The first-order valence-electron chi connectivity index (χ1n) is 8.54. The Morgan fingerprint density at radius 2 is 2.12 bits per heavy atom. The van der Waals surface area contributed by atoms with E-state index in [1.165, 1.54) is 25.0 Å². The molecule has 8 heteroatoms. The molecule has 7 nitrogen and oxygen atoms in total. The summed E-state index contributed by atoms with van der Waals surface area (Å²) in [6.45, 7) is 1.45. The first-order chi connectivity index (χ1) is 11.9. The minimum absolute atomic E-state index is 0.0322. The Morgan fingerprint density at radius 1 is 1.40 bits per heavy atom. The molecule has 0 aromatic heterocycles. The number of nitrogens with zero attached hydrogens (tertiary/aromatic N) is 2. The van der Waals surface area contributed by atoms with Crippen LogP contribution in [0.5, 0.6) is 0 Å². The van der Waals surface area contributed by atoms with E-state index in [9.17, 15) is 14.9 Å². The van der Waals surface area contributed by atoms with Crippen molar-refractivity contribution in [2.75, 3.05) is 13.1 Å². The molecule has 1 aromatic carbocycles. The summed E-state index contributed by atoms with van der Waals surface area (Å²) in [5, 5.41) is 23.8. The second-order valence-electron chi connectivity index (χ2n) is 7.00. The third kappa shape index (κ3) is 4.90. The number of nitrogens with one attached hydrogen (secondary N) is 1. The van der Waals surface area contributed by atoms with Gasteiger partial charge >= 0.3 is 5.97 Å². The molecule has 0 spiro atoms. The zero-order chi connectivity index (χ0) is 18.0. The Hall–Kier alpha value is -1.70. The molecule has 136 valence electrons. The van der Waals surface area contributed by atoms with Crippen LogP contribution in [0.15, 0.2) is 18.2 Å². The molecule has 0 aliphatic heterocycles. The molecule has 2 fully saturated rings. The SMILES string of the molecule is O=C(O)CN(CC1CC1)C1CC(NCc2cc([N+](=O)[O-])ccc2Cl)C1. The van der Waals surface area contributed by atoms with Crippen LogP contribution in [0.2, 0.25) is 5.02 Å². The van der Waals surface area contributed by atoms with Crippen molar-refractivity contribution in [1.82, 2.24) is 10.2 Å². The Kier molecular flexibility index (Phi) is 5.56. The van der Waals surface area contributed by atoms with Crippen LogP contribution in [0.3, 0.4) is 0 Å². The monoisotopic (exact) mass is 367 g/mol. The van der Waals surface area contributed by atoms with Crippen LogP contribution in [0.25, 0.3) is 0 Å². The highest BCUT2D eigenvalue weighted by Gasteiger charge is 2.36. The number of nitro benzene ring substituents is 1. The molecule has 0 unspecified atom stereocenters. The lowest BCUT2D eigenvalue weighted by molar-refractivity contribution is -0.384. The predicted octanol–water partition coefficient (Wildman–Crippen LogP) is 2.67. The van der Waals surface area contributed by atoms with Crippen LogP contribution in [0.1, 0.15) is 31.2 Å². The lowest BCUT2D eigenvalue weighted by Crippen LogP contribution is -2.54. The number of nitro groups is 1. The molecule has 0 saturated heterocycles. The summed E-state index contributed by atoms with van der Waals surface area (Å²) in [7, 11) is 0. The van der Waals surface area contributed by atoms with Gasteiger partial charge in [-0.2, -0.15) is 0 Å². The van der Waals surface area contributed by atoms with E-state index < -0.39 is 10.9 Å². The van der Waals surface area contributed by atoms with Gasteiger partial charge in [-0.25, -0.2) is 0 Å². The van der Waals surface area contributed by atoms with Crippen molar-refractivity contribution >= 4 is 23.3 Å². The summed E-state index contributed by atoms with van der Waals surface area (Å²) in [4.78, 5) is 23.6. The molecule has 0 atom stereocenters. The summed E-state index contributed by atoms with van der Waals surface area (Å²) in [5.74, 6) is -0.115. The van der Waals surface area contributed by atoms with Crippen molar-refractivity contribution in [3.8, 4) is 0 Å². The molecule has 2 aliphatic rings. The lowest BCUT2D eigenvalue weighted by Gasteiger charge is -2.43. The Bertz CT molecular complexity index is 659. The van der Waals surface area contributed by atoms with E-state index in [0.29, 0.717) is 29.1 Å². The third-order valence-corrected chi connectivity index (χ3v) is 5.35. The summed E-state index contributed by atoms with van der Waals surface area (Å²) in [6, 6.07) is 5.03. The number of carbonyl (C=O) groups is 1. The lowest BCUT2D eigenvalue weighted by atomic mass is 9.85. The minimum atomic E-state index is -0.777. The van der Waals surface area contributed by atoms with E-state index in [1.54, 1.807) is 6.07 Å². The Balaban J connectivity index is 1.49. The normalized spacial score (nSPS) is 22.6. The highest BCUT2D eigenvalue weighted by molar-refractivity contribution is 6.31. The number of aliphatic carboxylic acids is 1. The smallest absolute Gasteiger partial charge is 0.317 e. The van der Waals surface area contributed by atoms with Crippen LogP contribution in [-0.4, -0.2) is 46.1 Å². The van der Waals surface area contributed by atoms with Gasteiger partial charge in [-0.05, 0) is 43.2 Å². The van der Waals surface area contributed by atoms with Gasteiger partial charge in [-0.15, -0.1) is 0 Å². The van der Waals surface area contributed by atoms with Crippen molar-refractivity contribution in [3.63, 3.8) is 0 Å². The average Bonchev–Trinajstić information content (AvgIpc) is 3.30. The molecule has 0 bridgehead atoms. The zero-order valence-electron chi connectivity index (χ0n) is 13.9. The van der Waals surface area contributed by atoms with Crippen LogP contribution >= 0.6 is 11.6 Å². The van der Waals surface area contributed by atoms with Crippen molar-refractivity contribution in [3.05, 3.63) is 38.9 Å². The molecule has 2 saturated carbocycles. The first-order valence-corrected chi connectivity index (χ1v) is 8.92. The van der Waals surface area contributed by atoms with Gasteiger partial charge in [0.25, 0.3) is 5.69 Å². The largest absolute Gasteiger partial charge is 0.480 e. The van der Waals surface area contributed by atoms with Crippen LogP contribution < -0.4 is 5.32 Å². The van der Waals surface area contributed by atoms with Crippen molar-refractivity contribution in [2.45, 2.75) is 44.3 Å². The minimum Gasteiger partial charge on any atom is -0.480 e. The maximum absolute atomic E-state index is 11.0. The van der Waals surface area contributed by atoms with Crippen molar-refractivity contribution in [1.29, 1.82) is 0 Å². The van der Waals surface area contributed by atoms with Crippen molar-refractivity contribution < 1.29 is 14.8 Å². The van der Waals surface area contributed by atoms with Gasteiger partial charge in [0.2, 0.25) is 0 Å². The third-order valence-electron chi connectivity index (χ3n) is 4.98. The van der Waals surface area contributed by atoms with E-state index in [-0.39, 0.29) is 18.3 Å². The van der Waals surface area contributed by atoms with Gasteiger partial charge < -0.3 is 10.4 Å². The topological polar surface area (TPSA) is 95.7 Å². The standard InChI is InChI=1S/C17H22ClN3O4/c18-16-4-3-14(21(24)25)5-12(16)8-19-13-6-15(7-13)20(10-17(22)23)9-11-1-2-11/h3-5,11,13,15,19H,1-2,6-10H2,(H,22,23). The zero-order valence-corrected chi connectivity index (χ0v) is 14.6. The fraction of sp³-hybridized carbons (Fsp3) is 0.588. The van der Waals surface area contributed by atoms with Gasteiger partial charge in [0.05, 0.1) is 11.5 Å². The first kappa shape index (κ1) is 18.1. The number of hydrogen-bond donors (Lipinski definition) is 2.